The van der Waals surface area contributed by atoms with E-state index in [1.807, 2.05) is 48.2 Å². The topological polar surface area (TPSA) is 92.0 Å². The number of nitrogens with one attached hydrogen (secondary N) is 1. The molecule has 0 radical (unpaired) electrons. The Morgan fingerprint density at radius 1 is 1.12 bits per heavy atom. The molecule has 1 aliphatic heterocycles. The van der Waals surface area contributed by atoms with Crippen molar-refractivity contribution in [2.45, 2.75) is 25.8 Å². The van der Waals surface area contributed by atoms with Crippen molar-refractivity contribution in [3.05, 3.63) is 71.9 Å². The number of aryl methyl sites for hydroxylation is 1. The van der Waals surface area contributed by atoms with Crippen LogP contribution in [-0.2, 0) is 0 Å². The van der Waals surface area contributed by atoms with E-state index in [1.54, 1.807) is 36.0 Å². The van der Waals surface area contributed by atoms with Crippen molar-refractivity contribution in [3.63, 3.8) is 0 Å². The third-order valence-electron chi connectivity index (χ3n) is 6.28. The van der Waals surface area contributed by atoms with Crippen molar-refractivity contribution in [2.75, 3.05) is 25.5 Å². The summed E-state index contributed by atoms with van der Waals surface area (Å²) < 4.78 is 7.05. The van der Waals surface area contributed by atoms with E-state index in [9.17, 15) is 9.90 Å². The normalized spacial score (nSPS) is 14.4. The summed E-state index contributed by atoms with van der Waals surface area (Å²) in [5.41, 5.74) is 3.70. The molecule has 0 bridgehead atoms. The van der Waals surface area contributed by atoms with Crippen molar-refractivity contribution in [1.29, 1.82) is 0 Å². The first-order chi connectivity index (χ1) is 16.5. The highest BCUT2D eigenvalue weighted by atomic mass is 16.5. The third kappa shape index (κ3) is 4.14. The second kappa shape index (κ2) is 9.05. The molecule has 4 aromatic rings. The summed E-state index contributed by atoms with van der Waals surface area (Å²) in [5.74, 6) is 1.70. The number of fused-ring (bicyclic) bond motifs is 1. The molecular formula is C26H27N5O3. The van der Waals surface area contributed by atoms with E-state index in [0.717, 1.165) is 29.9 Å². The predicted molar refractivity (Wildman–Crippen MR) is 130 cm³/mol. The molecule has 2 aromatic heterocycles. The molecule has 3 heterocycles. The number of nitrogens with zero attached hydrogens (tertiary/aromatic N) is 4. The van der Waals surface area contributed by atoms with Crippen LogP contribution in [0, 0.1) is 6.92 Å². The number of amides is 1. The van der Waals surface area contributed by atoms with Crippen LogP contribution in [0.2, 0.25) is 0 Å². The second-order valence-electron chi connectivity index (χ2n) is 8.55. The minimum Gasteiger partial charge on any atom is -0.507 e. The van der Waals surface area contributed by atoms with Gasteiger partial charge in [0, 0.05) is 41.9 Å². The number of carbonyl (C=O) groups is 1. The summed E-state index contributed by atoms with van der Waals surface area (Å²) >= 11 is 0. The number of ether oxygens (including phenoxy) is 1. The lowest BCUT2D eigenvalue weighted by atomic mass is 10.0. The van der Waals surface area contributed by atoms with Crippen molar-refractivity contribution in [3.8, 4) is 22.8 Å². The molecule has 1 fully saturated rings. The number of anilines is 1. The van der Waals surface area contributed by atoms with Gasteiger partial charge in [0.25, 0.3) is 5.91 Å². The number of hydrogen-bond acceptors (Lipinski definition) is 6. The smallest absolute Gasteiger partial charge is 0.253 e. The van der Waals surface area contributed by atoms with Gasteiger partial charge < -0.3 is 20.1 Å². The van der Waals surface area contributed by atoms with Gasteiger partial charge in [-0.05, 0) is 50.1 Å². The zero-order valence-electron chi connectivity index (χ0n) is 19.2. The van der Waals surface area contributed by atoms with Crippen molar-refractivity contribution in [2.24, 2.45) is 0 Å². The van der Waals surface area contributed by atoms with Crippen molar-refractivity contribution < 1.29 is 14.6 Å². The van der Waals surface area contributed by atoms with Gasteiger partial charge in [-0.1, -0.05) is 18.2 Å². The summed E-state index contributed by atoms with van der Waals surface area (Å²) in [6, 6.07) is 16.6. The first-order valence-corrected chi connectivity index (χ1v) is 11.4. The Kier molecular flexibility index (Phi) is 5.79. The van der Waals surface area contributed by atoms with Gasteiger partial charge in [0.05, 0.1) is 19.0 Å². The second-order valence-corrected chi connectivity index (χ2v) is 8.55. The first-order valence-electron chi connectivity index (χ1n) is 11.4. The summed E-state index contributed by atoms with van der Waals surface area (Å²) in [6.07, 6.45) is 3.41. The first kappa shape index (κ1) is 21.8. The average Bonchev–Trinajstić information content (AvgIpc) is 3.25. The van der Waals surface area contributed by atoms with Crippen LogP contribution < -0.4 is 10.1 Å². The van der Waals surface area contributed by atoms with Crippen LogP contribution in [0.3, 0.4) is 0 Å². The van der Waals surface area contributed by atoms with Crippen LogP contribution in [0.25, 0.3) is 16.9 Å². The van der Waals surface area contributed by atoms with E-state index >= 15 is 0 Å². The van der Waals surface area contributed by atoms with Gasteiger partial charge in [0.2, 0.25) is 0 Å². The number of aromatic hydroxyl groups is 1. The Hall–Kier alpha value is -4.07. The van der Waals surface area contributed by atoms with Crippen molar-refractivity contribution in [1.82, 2.24) is 19.5 Å². The number of carbonyl (C=O) groups excluding carboxylic acids is 1. The van der Waals surface area contributed by atoms with Crippen LogP contribution >= 0.6 is 0 Å². The number of likely N-dealkylation sites (tertiary alicyclic amines) is 1. The Morgan fingerprint density at radius 2 is 1.91 bits per heavy atom. The van der Waals surface area contributed by atoms with Gasteiger partial charge in [-0.15, -0.1) is 0 Å². The number of methoxy groups -OCH3 is 1. The SMILES string of the molecule is COc1cccc(C(=O)N2CCC(Nc3cc(-c4ccccc4O)nc4c(C)cnn34)CC2)c1. The van der Waals surface area contributed by atoms with Crippen LogP contribution in [0.5, 0.6) is 11.5 Å². The zero-order valence-corrected chi connectivity index (χ0v) is 19.2. The van der Waals surface area contributed by atoms with Crippen LogP contribution in [0.4, 0.5) is 5.82 Å². The largest absolute Gasteiger partial charge is 0.507 e. The third-order valence-corrected chi connectivity index (χ3v) is 6.28. The lowest BCUT2D eigenvalue weighted by Crippen LogP contribution is -2.42. The lowest BCUT2D eigenvalue weighted by Gasteiger charge is -2.33. The predicted octanol–water partition coefficient (Wildman–Crippen LogP) is 4.14. The van der Waals surface area contributed by atoms with E-state index in [0.29, 0.717) is 35.7 Å². The van der Waals surface area contributed by atoms with Gasteiger partial charge in [-0.2, -0.15) is 9.61 Å². The number of benzene rings is 2. The minimum atomic E-state index is 0.0215. The zero-order chi connectivity index (χ0) is 23.7. The number of rotatable bonds is 5. The maximum Gasteiger partial charge on any atom is 0.253 e. The fourth-order valence-electron chi connectivity index (χ4n) is 4.38. The molecule has 2 N–H and O–H groups in total. The highest BCUT2D eigenvalue weighted by molar-refractivity contribution is 5.94. The number of para-hydroxylation sites is 1. The average molecular weight is 458 g/mol. The number of phenols is 1. The van der Waals surface area contributed by atoms with Gasteiger partial charge in [0.1, 0.15) is 17.3 Å². The number of hydrogen-bond donors (Lipinski definition) is 2. The summed E-state index contributed by atoms with van der Waals surface area (Å²) in [6.45, 7) is 3.29. The quantitative estimate of drug-likeness (QED) is 0.468. The fourth-order valence-corrected chi connectivity index (χ4v) is 4.38. The van der Waals surface area contributed by atoms with E-state index in [4.69, 9.17) is 9.72 Å². The standard InChI is InChI=1S/C26H27N5O3/c1-17-16-27-31-24(15-22(29-25(17)31)21-8-3-4-9-23(21)32)28-19-10-12-30(13-11-19)26(33)18-6-5-7-20(14-18)34-2/h3-9,14-16,19,28,32H,10-13H2,1-2H3. The molecule has 0 unspecified atom stereocenters. The van der Waals surface area contributed by atoms with Crippen LogP contribution in [-0.4, -0.2) is 56.8 Å². The Balaban J connectivity index is 1.34. The Morgan fingerprint density at radius 3 is 2.68 bits per heavy atom. The molecule has 8 heteroatoms. The molecular weight excluding hydrogens is 430 g/mol. The molecule has 0 spiro atoms. The Bertz CT molecular complexity index is 1340. The fraction of sp³-hybridized carbons (Fsp3) is 0.269. The molecule has 34 heavy (non-hydrogen) atoms. The van der Waals surface area contributed by atoms with Gasteiger partial charge >= 0.3 is 0 Å². The number of aromatic nitrogens is 3. The molecule has 0 aliphatic carbocycles. The maximum atomic E-state index is 12.9. The summed E-state index contributed by atoms with van der Waals surface area (Å²) in [7, 11) is 1.60. The molecule has 1 aliphatic rings. The molecule has 0 saturated carbocycles. The number of piperidine rings is 1. The van der Waals surface area contributed by atoms with Crippen molar-refractivity contribution >= 4 is 17.4 Å². The molecule has 0 atom stereocenters. The van der Waals surface area contributed by atoms with Crippen LogP contribution in [0.1, 0.15) is 28.8 Å². The van der Waals surface area contributed by atoms with E-state index in [1.165, 1.54) is 0 Å². The van der Waals surface area contributed by atoms with Crippen LogP contribution in [0.15, 0.2) is 60.8 Å². The number of phenolic OH excluding ortho intramolecular Hbond substituents is 1. The molecule has 1 amide bonds. The minimum absolute atomic E-state index is 0.0215. The van der Waals surface area contributed by atoms with Gasteiger partial charge in [0.15, 0.2) is 5.65 Å². The molecule has 8 nitrogen and oxygen atoms in total. The maximum absolute atomic E-state index is 12.9. The monoisotopic (exact) mass is 457 g/mol. The summed E-state index contributed by atoms with van der Waals surface area (Å²) in [5, 5.41) is 18.4. The lowest BCUT2D eigenvalue weighted by molar-refractivity contribution is 0.0718. The summed E-state index contributed by atoms with van der Waals surface area (Å²) in [4.78, 5) is 19.6. The van der Waals surface area contributed by atoms with E-state index in [-0.39, 0.29) is 17.7 Å². The molecule has 174 valence electrons. The van der Waals surface area contributed by atoms with E-state index in [2.05, 4.69) is 10.4 Å². The Labute approximate surface area is 197 Å². The van der Waals surface area contributed by atoms with E-state index < -0.39 is 0 Å². The van der Waals surface area contributed by atoms with Gasteiger partial charge in [-0.3, -0.25) is 4.79 Å². The molecule has 5 rings (SSSR count). The van der Waals surface area contributed by atoms with Gasteiger partial charge in [-0.25, -0.2) is 4.98 Å². The molecule has 2 aromatic carbocycles. The highest BCUT2D eigenvalue weighted by Crippen LogP contribution is 2.31. The molecule has 1 saturated heterocycles. The highest BCUT2D eigenvalue weighted by Gasteiger charge is 2.25.